The number of hydrogen-bond acceptors (Lipinski definition) is 4. The zero-order valence-electron chi connectivity index (χ0n) is 13.4. The number of hydrogen-bond donors (Lipinski definition) is 4. The first kappa shape index (κ1) is 17.0. The van der Waals surface area contributed by atoms with Crippen LogP contribution in [0.15, 0.2) is 30.6 Å². The number of benzene rings is 1. The summed E-state index contributed by atoms with van der Waals surface area (Å²) in [4.78, 5) is 16.1. The van der Waals surface area contributed by atoms with E-state index < -0.39 is 0 Å². The minimum absolute atomic E-state index is 0.0412. The lowest BCUT2D eigenvalue weighted by molar-refractivity contribution is 0.218. The van der Waals surface area contributed by atoms with Gasteiger partial charge < -0.3 is 15.7 Å². The smallest absolute Gasteiger partial charge is 0.315 e. The highest BCUT2D eigenvalue weighted by molar-refractivity contribution is 5.74. The average Bonchev–Trinajstić information content (AvgIpc) is 3.07. The summed E-state index contributed by atoms with van der Waals surface area (Å²) in [6, 6.07) is 7.46. The maximum atomic E-state index is 12.0. The van der Waals surface area contributed by atoms with E-state index in [1.807, 2.05) is 38.1 Å². The van der Waals surface area contributed by atoms with Crippen LogP contribution in [-0.4, -0.2) is 39.0 Å². The Morgan fingerprint density at radius 1 is 1.39 bits per heavy atom. The van der Waals surface area contributed by atoms with Crippen molar-refractivity contribution in [3.63, 3.8) is 0 Å². The van der Waals surface area contributed by atoms with Gasteiger partial charge in [-0.05, 0) is 24.0 Å². The molecule has 4 N–H and O–H groups in total. The van der Waals surface area contributed by atoms with Gasteiger partial charge in [-0.15, -0.1) is 0 Å². The summed E-state index contributed by atoms with van der Waals surface area (Å²) >= 11 is 0. The molecule has 1 aromatic carbocycles. The summed E-state index contributed by atoms with van der Waals surface area (Å²) in [7, 11) is 0. The summed E-state index contributed by atoms with van der Waals surface area (Å²) in [5.74, 6) is 0.960. The van der Waals surface area contributed by atoms with Crippen LogP contribution in [0.3, 0.4) is 0 Å². The molecule has 1 atom stereocenters. The van der Waals surface area contributed by atoms with Gasteiger partial charge >= 0.3 is 6.03 Å². The Hall–Kier alpha value is -2.41. The molecule has 2 rings (SSSR count). The zero-order valence-corrected chi connectivity index (χ0v) is 13.4. The van der Waals surface area contributed by atoms with Gasteiger partial charge in [0.1, 0.15) is 6.33 Å². The lowest BCUT2D eigenvalue weighted by atomic mass is 10.0. The summed E-state index contributed by atoms with van der Waals surface area (Å²) in [6.07, 6.45) is 2.01. The Morgan fingerprint density at radius 3 is 2.87 bits per heavy atom. The maximum Gasteiger partial charge on any atom is 0.315 e. The molecule has 1 aromatic heterocycles. The van der Waals surface area contributed by atoms with Crippen molar-refractivity contribution in [1.29, 1.82) is 0 Å². The normalized spacial score (nSPS) is 12.2. The van der Waals surface area contributed by atoms with E-state index in [1.165, 1.54) is 6.33 Å². The number of carbonyl (C=O) groups is 1. The predicted molar refractivity (Wildman–Crippen MR) is 87.5 cm³/mol. The molecule has 0 saturated carbocycles. The highest BCUT2D eigenvalue weighted by Gasteiger charge is 2.15. The lowest BCUT2D eigenvalue weighted by Gasteiger charge is -2.21. The molecule has 0 aliphatic carbocycles. The van der Waals surface area contributed by atoms with Gasteiger partial charge in [0.05, 0.1) is 0 Å². The van der Waals surface area contributed by atoms with Crippen molar-refractivity contribution in [3.8, 4) is 11.4 Å². The molecule has 0 saturated heterocycles. The van der Waals surface area contributed by atoms with Crippen LogP contribution in [0, 0.1) is 5.92 Å². The van der Waals surface area contributed by atoms with Crippen LogP contribution in [0.5, 0.6) is 0 Å². The van der Waals surface area contributed by atoms with E-state index in [1.54, 1.807) is 0 Å². The topological polar surface area (TPSA) is 103 Å². The zero-order chi connectivity index (χ0) is 16.7. The molecule has 0 fully saturated rings. The van der Waals surface area contributed by atoms with Gasteiger partial charge in [0, 0.05) is 24.8 Å². The molecule has 7 heteroatoms. The predicted octanol–water partition coefficient (Wildman–Crippen LogP) is 1.68. The first-order chi connectivity index (χ1) is 11.1. The largest absolute Gasteiger partial charge is 0.396 e. The highest BCUT2D eigenvalue weighted by atomic mass is 16.3. The van der Waals surface area contributed by atoms with E-state index in [-0.39, 0.29) is 24.6 Å². The van der Waals surface area contributed by atoms with Gasteiger partial charge in [-0.3, -0.25) is 5.10 Å². The van der Waals surface area contributed by atoms with Gasteiger partial charge in [0.15, 0.2) is 5.82 Å². The van der Waals surface area contributed by atoms with Crippen LogP contribution in [0.2, 0.25) is 0 Å². The van der Waals surface area contributed by atoms with Crippen molar-refractivity contribution >= 4 is 6.03 Å². The summed E-state index contributed by atoms with van der Waals surface area (Å²) < 4.78 is 0. The number of aliphatic hydroxyl groups excluding tert-OH is 1. The number of rotatable bonds is 7. The van der Waals surface area contributed by atoms with E-state index in [0.29, 0.717) is 18.8 Å². The molecule has 2 aromatic rings. The number of urea groups is 1. The average molecular weight is 317 g/mol. The fraction of sp³-hybridized carbons (Fsp3) is 0.438. The van der Waals surface area contributed by atoms with E-state index >= 15 is 0 Å². The number of aromatic nitrogens is 3. The second-order valence-corrected chi connectivity index (χ2v) is 5.72. The molecule has 0 spiro atoms. The van der Waals surface area contributed by atoms with Crippen LogP contribution in [0.25, 0.3) is 11.4 Å². The maximum absolute atomic E-state index is 12.0. The Labute approximate surface area is 135 Å². The third-order valence-corrected chi connectivity index (χ3v) is 3.63. The fourth-order valence-corrected chi connectivity index (χ4v) is 2.29. The van der Waals surface area contributed by atoms with E-state index in [4.69, 9.17) is 5.11 Å². The van der Waals surface area contributed by atoms with Crippen molar-refractivity contribution < 1.29 is 9.90 Å². The highest BCUT2D eigenvalue weighted by Crippen LogP contribution is 2.15. The second kappa shape index (κ2) is 8.28. The van der Waals surface area contributed by atoms with Crippen molar-refractivity contribution in [2.75, 3.05) is 6.61 Å². The molecule has 0 bridgehead atoms. The molecule has 7 nitrogen and oxygen atoms in total. The third-order valence-electron chi connectivity index (χ3n) is 3.63. The summed E-state index contributed by atoms with van der Waals surface area (Å²) in [6.45, 7) is 4.50. The third kappa shape index (κ3) is 5.07. The number of aromatic amines is 1. The minimum Gasteiger partial charge on any atom is -0.396 e. The fourth-order valence-electron chi connectivity index (χ4n) is 2.29. The van der Waals surface area contributed by atoms with E-state index in [9.17, 15) is 4.79 Å². The van der Waals surface area contributed by atoms with E-state index in [2.05, 4.69) is 25.8 Å². The van der Waals surface area contributed by atoms with Gasteiger partial charge in [0.25, 0.3) is 0 Å². The summed E-state index contributed by atoms with van der Waals surface area (Å²) in [5.41, 5.74) is 1.89. The Balaban J connectivity index is 1.90. The minimum atomic E-state index is -0.234. The molecule has 124 valence electrons. The molecule has 0 aliphatic rings. The molecular formula is C16H23N5O2. The number of H-pyrrole nitrogens is 1. The second-order valence-electron chi connectivity index (χ2n) is 5.72. The van der Waals surface area contributed by atoms with Gasteiger partial charge in [-0.1, -0.05) is 32.0 Å². The molecule has 0 aliphatic heterocycles. The first-order valence-electron chi connectivity index (χ1n) is 7.70. The van der Waals surface area contributed by atoms with Gasteiger partial charge in [-0.2, -0.15) is 5.10 Å². The van der Waals surface area contributed by atoms with Crippen LogP contribution >= 0.6 is 0 Å². The number of nitrogens with one attached hydrogen (secondary N) is 3. The van der Waals surface area contributed by atoms with Crippen molar-refractivity contribution in [2.24, 2.45) is 5.92 Å². The molecule has 2 amide bonds. The molecular weight excluding hydrogens is 294 g/mol. The summed E-state index contributed by atoms with van der Waals surface area (Å²) in [5, 5.41) is 21.4. The van der Waals surface area contributed by atoms with Crippen molar-refractivity contribution in [1.82, 2.24) is 25.8 Å². The van der Waals surface area contributed by atoms with Crippen LogP contribution < -0.4 is 10.6 Å². The Kier molecular flexibility index (Phi) is 6.10. The van der Waals surface area contributed by atoms with Gasteiger partial charge in [0.2, 0.25) is 0 Å². The standard InChI is InChI=1S/C16H23N5O2/c1-11(2)14(6-7-22)20-16(23)17-9-12-4-3-5-13(8-12)15-18-10-19-21-15/h3-5,8,10-11,14,22H,6-7,9H2,1-2H3,(H2,17,20,23)(H,18,19,21). The van der Waals surface area contributed by atoms with Gasteiger partial charge in [-0.25, -0.2) is 9.78 Å². The molecule has 1 unspecified atom stereocenters. The molecule has 23 heavy (non-hydrogen) atoms. The molecule has 0 radical (unpaired) electrons. The first-order valence-corrected chi connectivity index (χ1v) is 7.70. The van der Waals surface area contributed by atoms with Crippen molar-refractivity contribution in [2.45, 2.75) is 32.9 Å². The van der Waals surface area contributed by atoms with Crippen LogP contribution in [0.1, 0.15) is 25.8 Å². The van der Waals surface area contributed by atoms with Crippen molar-refractivity contribution in [3.05, 3.63) is 36.2 Å². The number of amides is 2. The number of carbonyl (C=O) groups excluding carboxylic acids is 1. The van der Waals surface area contributed by atoms with Crippen LogP contribution in [0.4, 0.5) is 4.79 Å². The lowest BCUT2D eigenvalue weighted by Crippen LogP contribution is -2.44. The Morgan fingerprint density at radius 2 is 2.22 bits per heavy atom. The molecule has 1 heterocycles. The number of nitrogens with zero attached hydrogens (tertiary/aromatic N) is 2. The quantitative estimate of drug-likeness (QED) is 0.624. The van der Waals surface area contributed by atoms with Crippen LogP contribution in [-0.2, 0) is 6.54 Å². The SMILES string of the molecule is CC(C)C(CCO)NC(=O)NCc1cccc(-c2ncn[nH]2)c1. The number of aliphatic hydroxyl groups is 1. The Bertz CT molecular complexity index is 613. The monoisotopic (exact) mass is 317 g/mol. The van der Waals surface area contributed by atoms with E-state index in [0.717, 1.165) is 11.1 Å².